The topological polar surface area (TPSA) is 64.3 Å². The molecule has 64 valence electrons. The first-order valence-electron chi connectivity index (χ1n) is 3.63. The van der Waals surface area contributed by atoms with Crippen molar-refractivity contribution in [3.05, 3.63) is 12.3 Å². The van der Waals surface area contributed by atoms with Crippen LogP contribution in [0.25, 0.3) is 0 Å². The molecule has 0 atom stereocenters. The number of carbonyl (C=O) groups is 1. The molecule has 1 amide bonds. The Bertz CT molecular complexity index is 134. The number of hydrogen-bond acceptors (Lipinski definition) is 3. The van der Waals surface area contributed by atoms with Crippen molar-refractivity contribution < 1.29 is 9.53 Å². The van der Waals surface area contributed by atoms with Crippen molar-refractivity contribution in [3.63, 3.8) is 0 Å². The summed E-state index contributed by atoms with van der Waals surface area (Å²) in [6.45, 7) is 2.10. The maximum Gasteiger partial charge on any atom is 0.426 e. The predicted octanol–water partition coefficient (Wildman–Crippen LogP) is 1.29. The lowest BCUT2D eigenvalue weighted by molar-refractivity contribution is 0.185. The number of allylic oxidation sites excluding steroid dienone is 1. The van der Waals surface area contributed by atoms with Gasteiger partial charge in [0, 0.05) is 0 Å². The summed E-state index contributed by atoms with van der Waals surface area (Å²) in [7, 11) is 0. The smallest absolute Gasteiger partial charge is 0.418 e. The SMILES string of the molecule is CCCCC=COC(=O)NN. The quantitative estimate of drug-likeness (QED) is 0.213. The van der Waals surface area contributed by atoms with Crippen molar-refractivity contribution in [2.45, 2.75) is 26.2 Å². The Morgan fingerprint density at radius 2 is 2.45 bits per heavy atom. The molecule has 0 rings (SSSR count). The van der Waals surface area contributed by atoms with Gasteiger partial charge in [0.05, 0.1) is 6.26 Å². The van der Waals surface area contributed by atoms with E-state index in [9.17, 15) is 4.79 Å². The maximum absolute atomic E-state index is 10.3. The molecule has 0 radical (unpaired) electrons. The lowest BCUT2D eigenvalue weighted by Crippen LogP contribution is -2.29. The Labute approximate surface area is 66.4 Å². The van der Waals surface area contributed by atoms with Crippen LogP contribution in [-0.2, 0) is 4.74 Å². The minimum absolute atomic E-state index is 0.641. The molecule has 0 heterocycles. The fourth-order valence-corrected chi connectivity index (χ4v) is 0.534. The molecular weight excluding hydrogens is 144 g/mol. The first kappa shape index (κ1) is 9.97. The summed E-state index contributed by atoms with van der Waals surface area (Å²) >= 11 is 0. The van der Waals surface area contributed by atoms with Gasteiger partial charge in [-0.1, -0.05) is 13.3 Å². The highest BCUT2D eigenvalue weighted by Crippen LogP contribution is 1.94. The van der Waals surface area contributed by atoms with Gasteiger partial charge in [-0.3, -0.25) is 5.43 Å². The summed E-state index contributed by atoms with van der Waals surface area (Å²) < 4.78 is 4.48. The molecule has 0 aromatic heterocycles. The van der Waals surface area contributed by atoms with Crippen LogP contribution in [0.5, 0.6) is 0 Å². The van der Waals surface area contributed by atoms with Crippen LogP contribution >= 0.6 is 0 Å². The molecule has 3 N–H and O–H groups in total. The molecule has 0 fully saturated rings. The third-order valence-corrected chi connectivity index (χ3v) is 1.11. The van der Waals surface area contributed by atoms with Crippen molar-refractivity contribution in [1.29, 1.82) is 0 Å². The van der Waals surface area contributed by atoms with Gasteiger partial charge < -0.3 is 4.74 Å². The average Bonchev–Trinajstić information content (AvgIpc) is 2.04. The molecule has 4 heteroatoms. The van der Waals surface area contributed by atoms with Gasteiger partial charge in [0.15, 0.2) is 0 Å². The van der Waals surface area contributed by atoms with Gasteiger partial charge in [0.25, 0.3) is 0 Å². The van der Waals surface area contributed by atoms with Crippen molar-refractivity contribution in [3.8, 4) is 0 Å². The second-order valence-corrected chi connectivity index (χ2v) is 2.06. The van der Waals surface area contributed by atoms with E-state index in [0.29, 0.717) is 0 Å². The third-order valence-electron chi connectivity index (χ3n) is 1.11. The van der Waals surface area contributed by atoms with E-state index in [4.69, 9.17) is 5.84 Å². The minimum Gasteiger partial charge on any atom is -0.418 e. The molecule has 0 aliphatic carbocycles. The van der Waals surface area contributed by atoms with Crippen LogP contribution < -0.4 is 11.3 Å². The third kappa shape index (κ3) is 6.86. The molecule has 0 aliphatic heterocycles. The number of hydrazine groups is 1. The van der Waals surface area contributed by atoms with Crippen molar-refractivity contribution in [1.82, 2.24) is 5.43 Å². The first-order valence-corrected chi connectivity index (χ1v) is 3.63. The van der Waals surface area contributed by atoms with Gasteiger partial charge in [-0.2, -0.15) is 0 Å². The molecule has 0 bridgehead atoms. The van der Waals surface area contributed by atoms with Gasteiger partial charge >= 0.3 is 6.09 Å². The van der Waals surface area contributed by atoms with Gasteiger partial charge in [-0.25, -0.2) is 10.6 Å². The summed E-state index contributed by atoms with van der Waals surface area (Å²) in [6.07, 6.45) is 5.65. The Morgan fingerprint density at radius 1 is 1.73 bits per heavy atom. The highest BCUT2D eigenvalue weighted by Gasteiger charge is 1.90. The number of rotatable bonds is 4. The van der Waals surface area contributed by atoms with E-state index in [-0.39, 0.29) is 0 Å². The maximum atomic E-state index is 10.3. The number of carbonyl (C=O) groups excluding carboxylic acids is 1. The van der Waals surface area contributed by atoms with Crippen LogP contribution in [0, 0.1) is 0 Å². The fraction of sp³-hybridized carbons (Fsp3) is 0.571. The van der Waals surface area contributed by atoms with E-state index in [1.807, 2.05) is 5.43 Å². The monoisotopic (exact) mass is 158 g/mol. The summed E-state index contributed by atoms with van der Waals surface area (Å²) in [6, 6.07) is 0. The molecule has 0 unspecified atom stereocenters. The van der Waals surface area contributed by atoms with Crippen LogP contribution in [0.15, 0.2) is 12.3 Å². The highest BCUT2D eigenvalue weighted by molar-refractivity contribution is 5.66. The van der Waals surface area contributed by atoms with Gasteiger partial charge in [0.1, 0.15) is 0 Å². The normalized spacial score (nSPS) is 10.0. The van der Waals surface area contributed by atoms with E-state index < -0.39 is 6.09 Å². The van der Waals surface area contributed by atoms with E-state index in [1.165, 1.54) is 6.26 Å². The van der Waals surface area contributed by atoms with E-state index in [1.54, 1.807) is 6.08 Å². The summed E-state index contributed by atoms with van der Waals surface area (Å²) in [5, 5.41) is 0. The number of nitrogens with two attached hydrogens (primary N) is 1. The Balaban J connectivity index is 3.22. The van der Waals surface area contributed by atoms with Crippen LogP contribution in [0.3, 0.4) is 0 Å². The van der Waals surface area contributed by atoms with Crippen molar-refractivity contribution in [2.75, 3.05) is 0 Å². The molecule has 0 saturated carbocycles. The highest BCUT2D eigenvalue weighted by atomic mass is 16.5. The standard InChI is InChI=1S/C7H14N2O2/c1-2-3-4-5-6-11-7(10)9-8/h5-6H,2-4,8H2,1H3,(H,9,10). The number of unbranched alkanes of at least 4 members (excludes halogenated alkanes) is 2. The van der Waals surface area contributed by atoms with E-state index in [0.717, 1.165) is 19.3 Å². The van der Waals surface area contributed by atoms with Crippen molar-refractivity contribution in [2.24, 2.45) is 5.84 Å². The Kier molecular flexibility index (Phi) is 6.42. The zero-order valence-corrected chi connectivity index (χ0v) is 6.67. The molecule has 0 saturated heterocycles. The molecular formula is C7H14N2O2. The zero-order valence-electron chi connectivity index (χ0n) is 6.67. The first-order chi connectivity index (χ1) is 5.31. The summed E-state index contributed by atoms with van der Waals surface area (Å²) in [4.78, 5) is 10.3. The molecule has 11 heavy (non-hydrogen) atoms. The molecule has 0 aromatic rings. The molecule has 0 aliphatic rings. The lowest BCUT2D eigenvalue weighted by Gasteiger charge is -1.94. The summed E-state index contributed by atoms with van der Waals surface area (Å²) in [5.41, 5.74) is 1.84. The Hall–Kier alpha value is -1.03. The molecule has 0 aromatic carbocycles. The van der Waals surface area contributed by atoms with Gasteiger partial charge in [-0.15, -0.1) is 0 Å². The molecule has 0 spiro atoms. The van der Waals surface area contributed by atoms with E-state index in [2.05, 4.69) is 11.7 Å². The molecule has 4 nitrogen and oxygen atoms in total. The average molecular weight is 158 g/mol. The van der Waals surface area contributed by atoms with Crippen LogP contribution in [0.4, 0.5) is 4.79 Å². The lowest BCUT2D eigenvalue weighted by atomic mass is 10.2. The fourth-order valence-electron chi connectivity index (χ4n) is 0.534. The number of nitrogens with one attached hydrogen (secondary N) is 1. The largest absolute Gasteiger partial charge is 0.426 e. The predicted molar refractivity (Wildman–Crippen MR) is 42.5 cm³/mol. The van der Waals surface area contributed by atoms with E-state index >= 15 is 0 Å². The zero-order chi connectivity index (χ0) is 8.53. The minimum atomic E-state index is -0.641. The van der Waals surface area contributed by atoms with Crippen LogP contribution in [-0.4, -0.2) is 6.09 Å². The number of ether oxygens (including phenoxy) is 1. The van der Waals surface area contributed by atoms with Gasteiger partial charge in [-0.05, 0) is 18.9 Å². The summed E-state index contributed by atoms with van der Waals surface area (Å²) in [5.74, 6) is 4.75. The van der Waals surface area contributed by atoms with Crippen LogP contribution in [0.2, 0.25) is 0 Å². The Morgan fingerprint density at radius 3 is 3.00 bits per heavy atom. The van der Waals surface area contributed by atoms with Crippen molar-refractivity contribution >= 4 is 6.09 Å². The second-order valence-electron chi connectivity index (χ2n) is 2.06. The second kappa shape index (κ2) is 7.08. The number of hydrogen-bond donors (Lipinski definition) is 2. The number of amides is 1. The van der Waals surface area contributed by atoms with Gasteiger partial charge in [0.2, 0.25) is 0 Å². The van der Waals surface area contributed by atoms with Crippen LogP contribution in [0.1, 0.15) is 26.2 Å².